The van der Waals surface area contributed by atoms with Crippen LogP contribution in [0.5, 0.6) is 0 Å². The molecule has 5 rings (SSSR count). The standard InChI is InChI=1S/C24H20ClFN4O/c25-18-6-5-17-12-22(30(21(17)13-18)15-16-3-1-4-19(26)11-16)24(31)28-20-7-8-23(27-14-20)29-9-2-10-29/h1,3-8,11-14H,2,9-10,15H2,(H,28,31). The van der Waals surface area contributed by atoms with Gasteiger partial charge < -0.3 is 14.8 Å². The monoisotopic (exact) mass is 434 g/mol. The molecule has 0 bridgehead atoms. The number of rotatable bonds is 5. The van der Waals surface area contributed by atoms with Gasteiger partial charge in [0.2, 0.25) is 0 Å². The number of pyridine rings is 1. The summed E-state index contributed by atoms with van der Waals surface area (Å²) >= 11 is 6.21. The Hall–Kier alpha value is -3.38. The van der Waals surface area contributed by atoms with Crippen LogP contribution >= 0.6 is 11.6 Å². The predicted octanol–water partition coefficient (Wildman–Crippen LogP) is 5.34. The number of aromatic nitrogens is 2. The van der Waals surface area contributed by atoms with Crippen molar-refractivity contribution >= 4 is 39.9 Å². The Morgan fingerprint density at radius 3 is 2.68 bits per heavy atom. The lowest BCUT2D eigenvalue weighted by molar-refractivity contribution is 0.101. The number of anilines is 2. The fourth-order valence-corrected chi connectivity index (χ4v) is 3.96. The van der Waals surface area contributed by atoms with Crippen molar-refractivity contribution in [2.75, 3.05) is 23.3 Å². The summed E-state index contributed by atoms with van der Waals surface area (Å²) in [6.45, 7) is 2.37. The van der Waals surface area contributed by atoms with Crippen molar-refractivity contribution in [2.24, 2.45) is 0 Å². The lowest BCUT2D eigenvalue weighted by Crippen LogP contribution is -2.37. The van der Waals surface area contributed by atoms with E-state index in [1.165, 1.54) is 18.6 Å². The third-order valence-corrected chi connectivity index (χ3v) is 5.75. The molecular weight excluding hydrogens is 415 g/mol. The van der Waals surface area contributed by atoms with E-state index in [9.17, 15) is 9.18 Å². The summed E-state index contributed by atoms with van der Waals surface area (Å²) in [4.78, 5) is 19.8. The van der Waals surface area contributed by atoms with Gasteiger partial charge in [0.15, 0.2) is 0 Å². The van der Waals surface area contributed by atoms with Crippen LogP contribution in [0.4, 0.5) is 15.9 Å². The Balaban J connectivity index is 1.47. The molecule has 1 N–H and O–H groups in total. The molecule has 0 saturated carbocycles. The van der Waals surface area contributed by atoms with Gasteiger partial charge in [-0.15, -0.1) is 0 Å². The molecule has 31 heavy (non-hydrogen) atoms. The molecule has 2 aromatic heterocycles. The SMILES string of the molecule is O=C(Nc1ccc(N2CCC2)nc1)c1cc2ccc(Cl)cc2n1Cc1cccc(F)c1. The van der Waals surface area contributed by atoms with Crippen molar-refractivity contribution in [1.82, 2.24) is 9.55 Å². The molecule has 1 aliphatic heterocycles. The van der Waals surface area contributed by atoms with Crippen LogP contribution in [0.1, 0.15) is 22.5 Å². The van der Waals surface area contributed by atoms with Crippen LogP contribution in [0.2, 0.25) is 5.02 Å². The number of halogens is 2. The first-order valence-corrected chi connectivity index (χ1v) is 10.5. The van der Waals surface area contributed by atoms with Gasteiger partial charge in [-0.25, -0.2) is 9.37 Å². The van der Waals surface area contributed by atoms with Crippen LogP contribution in [0.15, 0.2) is 66.9 Å². The summed E-state index contributed by atoms with van der Waals surface area (Å²) in [6, 6.07) is 17.4. The highest BCUT2D eigenvalue weighted by Crippen LogP contribution is 2.26. The molecule has 2 aromatic carbocycles. The van der Waals surface area contributed by atoms with Gasteiger partial charge in [-0.3, -0.25) is 4.79 Å². The molecule has 1 aliphatic rings. The maximum absolute atomic E-state index is 13.7. The molecule has 0 atom stereocenters. The topological polar surface area (TPSA) is 50.2 Å². The molecule has 4 aromatic rings. The second-order valence-electron chi connectivity index (χ2n) is 7.65. The molecule has 7 heteroatoms. The van der Waals surface area contributed by atoms with Crippen molar-refractivity contribution in [1.29, 1.82) is 0 Å². The van der Waals surface area contributed by atoms with Gasteiger partial charge >= 0.3 is 0 Å². The van der Waals surface area contributed by atoms with E-state index in [1.807, 2.05) is 41.0 Å². The zero-order valence-corrected chi connectivity index (χ0v) is 17.4. The minimum atomic E-state index is -0.314. The number of benzene rings is 2. The average Bonchev–Trinajstić information content (AvgIpc) is 3.06. The van der Waals surface area contributed by atoms with E-state index in [-0.39, 0.29) is 11.7 Å². The lowest BCUT2D eigenvalue weighted by Gasteiger charge is -2.31. The number of amides is 1. The van der Waals surface area contributed by atoms with Crippen LogP contribution in [0.25, 0.3) is 10.9 Å². The van der Waals surface area contributed by atoms with Crippen LogP contribution in [-0.2, 0) is 6.54 Å². The summed E-state index contributed by atoms with van der Waals surface area (Å²) in [5, 5.41) is 4.38. The lowest BCUT2D eigenvalue weighted by atomic mass is 10.2. The maximum Gasteiger partial charge on any atom is 0.272 e. The normalized spacial score (nSPS) is 13.3. The Morgan fingerprint density at radius 2 is 1.97 bits per heavy atom. The number of nitrogens with zero attached hydrogens (tertiary/aromatic N) is 3. The highest BCUT2D eigenvalue weighted by atomic mass is 35.5. The van der Waals surface area contributed by atoms with Crippen molar-refractivity contribution in [3.8, 4) is 0 Å². The number of nitrogens with one attached hydrogen (secondary N) is 1. The summed E-state index contributed by atoms with van der Waals surface area (Å²) < 4.78 is 15.6. The number of hydrogen-bond acceptors (Lipinski definition) is 3. The molecule has 3 heterocycles. The van der Waals surface area contributed by atoms with E-state index in [4.69, 9.17) is 11.6 Å². The Kier molecular flexibility index (Phi) is 5.08. The van der Waals surface area contributed by atoms with Crippen LogP contribution in [-0.4, -0.2) is 28.5 Å². The van der Waals surface area contributed by atoms with E-state index >= 15 is 0 Å². The quantitative estimate of drug-likeness (QED) is 0.461. The Labute approximate surface area is 184 Å². The number of carbonyl (C=O) groups excluding carboxylic acids is 1. The minimum Gasteiger partial charge on any atom is -0.356 e. The average molecular weight is 435 g/mol. The van der Waals surface area contributed by atoms with Gasteiger partial charge in [-0.05, 0) is 54.4 Å². The molecule has 156 valence electrons. The third kappa shape index (κ3) is 3.99. The highest BCUT2D eigenvalue weighted by molar-refractivity contribution is 6.31. The molecule has 1 amide bonds. The fraction of sp³-hybridized carbons (Fsp3) is 0.167. The zero-order chi connectivity index (χ0) is 21.4. The number of carbonyl (C=O) groups is 1. The van der Waals surface area contributed by atoms with Gasteiger partial charge in [-0.1, -0.05) is 29.8 Å². The van der Waals surface area contributed by atoms with E-state index in [0.717, 1.165) is 35.4 Å². The molecule has 0 unspecified atom stereocenters. The molecular formula is C24H20ClFN4O. The number of hydrogen-bond donors (Lipinski definition) is 1. The molecule has 0 spiro atoms. The fourth-order valence-electron chi connectivity index (χ4n) is 3.79. The van der Waals surface area contributed by atoms with E-state index in [0.29, 0.717) is 22.9 Å². The molecule has 1 fully saturated rings. The first-order chi connectivity index (χ1) is 15.1. The second-order valence-corrected chi connectivity index (χ2v) is 8.09. The van der Waals surface area contributed by atoms with Gasteiger partial charge in [0, 0.05) is 30.0 Å². The van der Waals surface area contributed by atoms with Gasteiger partial charge in [-0.2, -0.15) is 0 Å². The molecule has 0 aliphatic carbocycles. The van der Waals surface area contributed by atoms with Crippen LogP contribution in [0.3, 0.4) is 0 Å². The first-order valence-electron chi connectivity index (χ1n) is 10.1. The van der Waals surface area contributed by atoms with Gasteiger partial charge in [0.1, 0.15) is 17.3 Å². The molecule has 0 radical (unpaired) electrons. The van der Waals surface area contributed by atoms with Crippen molar-refractivity contribution in [2.45, 2.75) is 13.0 Å². The summed E-state index contributed by atoms with van der Waals surface area (Å²) in [7, 11) is 0. The third-order valence-electron chi connectivity index (χ3n) is 5.51. The van der Waals surface area contributed by atoms with E-state index in [2.05, 4.69) is 15.2 Å². The highest BCUT2D eigenvalue weighted by Gasteiger charge is 2.18. The minimum absolute atomic E-state index is 0.262. The molecule has 5 nitrogen and oxygen atoms in total. The van der Waals surface area contributed by atoms with Crippen molar-refractivity contribution in [3.63, 3.8) is 0 Å². The predicted molar refractivity (Wildman–Crippen MR) is 121 cm³/mol. The smallest absolute Gasteiger partial charge is 0.272 e. The zero-order valence-electron chi connectivity index (χ0n) is 16.7. The van der Waals surface area contributed by atoms with E-state index in [1.54, 1.807) is 18.3 Å². The van der Waals surface area contributed by atoms with Gasteiger partial charge in [0.25, 0.3) is 5.91 Å². The second kappa shape index (κ2) is 8.04. The first kappa shape index (κ1) is 19.6. The largest absolute Gasteiger partial charge is 0.356 e. The van der Waals surface area contributed by atoms with E-state index < -0.39 is 0 Å². The van der Waals surface area contributed by atoms with Crippen molar-refractivity contribution < 1.29 is 9.18 Å². The number of fused-ring (bicyclic) bond motifs is 1. The maximum atomic E-state index is 13.7. The van der Waals surface area contributed by atoms with Crippen molar-refractivity contribution in [3.05, 3.63) is 89.0 Å². The molecule has 1 saturated heterocycles. The van der Waals surface area contributed by atoms with Crippen LogP contribution in [0, 0.1) is 5.82 Å². The summed E-state index contributed by atoms with van der Waals surface area (Å²) in [5.41, 5.74) is 2.66. The van der Waals surface area contributed by atoms with Gasteiger partial charge in [0.05, 0.1) is 17.4 Å². The summed E-state index contributed by atoms with van der Waals surface area (Å²) in [6.07, 6.45) is 2.85. The Bertz CT molecular complexity index is 1260. The Morgan fingerprint density at radius 1 is 1.10 bits per heavy atom. The summed E-state index contributed by atoms with van der Waals surface area (Å²) in [5.74, 6) is 0.340. The van der Waals surface area contributed by atoms with Crippen LogP contribution < -0.4 is 10.2 Å².